The van der Waals surface area contributed by atoms with Crippen LogP contribution in [0.2, 0.25) is 19.6 Å². The number of terminal acetylenes is 1. The average molecular weight is 240 g/mol. The zero-order chi connectivity index (χ0) is 12.7. The summed E-state index contributed by atoms with van der Waals surface area (Å²) in [6.45, 7) is 6.78. The summed E-state index contributed by atoms with van der Waals surface area (Å²) in [5.74, 6) is 6.34. The summed E-state index contributed by atoms with van der Waals surface area (Å²) >= 11 is 0. The first-order chi connectivity index (χ1) is 8.03. The van der Waals surface area contributed by atoms with E-state index < -0.39 is 8.07 Å². The van der Waals surface area contributed by atoms with Crippen LogP contribution < -0.4 is 0 Å². The maximum absolute atomic E-state index is 5.58. The standard InChI is InChI=1S/C16H20Si/c1-5-15(16-12-7-6-8-13-16)11-9-10-14-17(2,3)4/h1,6-8,12-13,15H,9,11H2,2-4H3. The molecule has 0 amide bonds. The first-order valence-electron chi connectivity index (χ1n) is 6.04. The van der Waals surface area contributed by atoms with Gasteiger partial charge in [-0.15, -0.1) is 17.9 Å². The molecule has 88 valence electrons. The van der Waals surface area contributed by atoms with E-state index in [9.17, 15) is 0 Å². The van der Waals surface area contributed by atoms with Gasteiger partial charge in [0.25, 0.3) is 0 Å². The van der Waals surface area contributed by atoms with Gasteiger partial charge in [-0.1, -0.05) is 55.9 Å². The fraction of sp³-hybridized carbons (Fsp3) is 0.375. The quantitative estimate of drug-likeness (QED) is 0.552. The minimum absolute atomic E-state index is 0.201. The Kier molecular flexibility index (Phi) is 5.07. The third-order valence-electron chi connectivity index (χ3n) is 2.42. The summed E-state index contributed by atoms with van der Waals surface area (Å²) in [5, 5.41) is 0. The Morgan fingerprint density at radius 2 is 1.82 bits per heavy atom. The second-order valence-corrected chi connectivity index (χ2v) is 9.97. The molecule has 17 heavy (non-hydrogen) atoms. The molecule has 0 saturated heterocycles. The molecule has 0 aliphatic carbocycles. The van der Waals surface area contributed by atoms with Gasteiger partial charge in [0.15, 0.2) is 0 Å². The summed E-state index contributed by atoms with van der Waals surface area (Å²) in [5.41, 5.74) is 4.60. The fourth-order valence-electron chi connectivity index (χ4n) is 1.58. The molecule has 1 aromatic rings. The van der Waals surface area contributed by atoms with Crippen LogP contribution in [0.5, 0.6) is 0 Å². The summed E-state index contributed by atoms with van der Waals surface area (Å²) in [7, 11) is -1.23. The highest BCUT2D eigenvalue weighted by Crippen LogP contribution is 2.19. The minimum Gasteiger partial charge on any atom is -0.132 e. The first kappa shape index (κ1) is 13.6. The van der Waals surface area contributed by atoms with Crippen molar-refractivity contribution in [1.29, 1.82) is 0 Å². The molecule has 0 N–H and O–H groups in total. The van der Waals surface area contributed by atoms with Crippen LogP contribution in [0.4, 0.5) is 0 Å². The molecule has 0 saturated carbocycles. The second-order valence-electron chi connectivity index (χ2n) is 5.22. The molecule has 0 fully saturated rings. The fourth-order valence-corrected chi connectivity index (χ4v) is 2.23. The van der Waals surface area contributed by atoms with Crippen molar-refractivity contribution >= 4 is 8.07 Å². The van der Waals surface area contributed by atoms with Crippen molar-refractivity contribution in [3.8, 4) is 23.8 Å². The van der Waals surface area contributed by atoms with Crippen LogP contribution in [-0.2, 0) is 0 Å². The highest BCUT2D eigenvalue weighted by Gasteiger charge is 2.08. The molecule has 1 rings (SSSR count). The minimum atomic E-state index is -1.23. The Morgan fingerprint density at radius 3 is 2.35 bits per heavy atom. The molecule has 1 aromatic carbocycles. The molecule has 0 spiro atoms. The van der Waals surface area contributed by atoms with Gasteiger partial charge in [-0.05, 0) is 12.0 Å². The van der Waals surface area contributed by atoms with Gasteiger partial charge in [0.1, 0.15) is 8.07 Å². The van der Waals surface area contributed by atoms with Crippen LogP contribution >= 0.6 is 0 Å². The largest absolute Gasteiger partial charge is 0.132 e. The normalized spacial score (nSPS) is 12.1. The summed E-state index contributed by atoms with van der Waals surface area (Å²) in [4.78, 5) is 0. The smallest absolute Gasteiger partial charge is 0.129 e. The highest BCUT2D eigenvalue weighted by molar-refractivity contribution is 6.83. The maximum Gasteiger partial charge on any atom is 0.129 e. The summed E-state index contributed by atoms with van der Waals surface area (Å²) < 4.78 is 0. The van der Waals surface area contributed by atoms with Crippen molar-refractivity contribution in [1.82, 2.24) is 0 Å². The van der Waals surface area contributed by atoms with Crippen LogP contribution in [-0.4, -0.2) is 8.07 Å². The molecule has 0 aliphatic heterocycles. The Hall–Kier alpha value is -1.44. The van der Waals surface area contributed by atoms with Gasteiger partial charge in [-0.25, -0.2) is 0 Å². The molecule has 0 heterocycles. The third-order valence-corrected chi connectivity index (χ3v) is 3.35. The lowest BCUT2D eigenvalue weighted by molar-refractivity contribution is 0.782. The predicted octanol–water partition coefficient (Wildman–Crippen LogP) is 4.06. The van der Waals surface area contributed by atoms with Crippen molar-refractivity contribution in [3.63, 3.8) is 0 Å². The Bertz CT molecular complexity index is 434. The van der Waals surface area contributed by atoms with E-state index in [-0.39, 0.29) is 5.92 Å². The Morgan fingerprint density at radius 1 is 1.18 bits per heavy atom. The molecule has 1 atom stereocenters. The van der Waals surface area contributed by atoms with Crippen LogP contribution in [0, 0.1) is 23.8 Å². The van der Waals surface area contributed by atoms with Crippen molar-refractivity contribution in [2.24, 2.45) is 0 Å². The topological polar surface area (TPSA) is 0 Å². The van der Waals surface area contributed by atoms with E-state index in [4.69, 9.17) is 6.42 Å². The lowest BCUT2D eigenvalue weighted by Crippen LogP contribution is -2.16. The summed E-state index contributed by atoms with van der Waals surface area (Å²) in [6, 6.07) is 10.3. The Balaban J connectivity index is 2.55. The molecular formula is C16H20Si. The SMILES string of the molecule is C#CC(CCC#C[Si](C)(C)C)c1ccccc1. The van der Waals surface area contributed by atoms with Crippen LogP contribution in [0.15, 0.2) is 30.3 Å². The van der Waals surface area contributed by atoms with Gasteiger partial charge in [0.05, 0.1) is 0 Å². The van der Waals surface area contributed by atoms with E-state index in [0.717, 1.165) is 12.8 Å². The van der Waals surface area contributed by atoms with Crippen molar-refractivity contribution < 1.29 is 0 Å². The lowest BCUT2D eigenvalue weighted by atomic mass is 9.95. The van der Waals surface area contributed by atoms with E-state index in [1.165, 1.54) is 5.56 Å². The maximum atomic E-state index is 5.58. The van der Waals surface area contributed by atoms with Crippen molar-refractivity contribution in [2.45, 2.75) is 38.4 Å². The van der Waals surface area contributed by atoms with Gasteiger partial charge < -0.3 is 0 Å². The van der Waals surface area contributed by atoms with Gasteiger partial charge in [-0.3, -0.25) is 0 Å². The number of hydrogen-bond donors (Lipinski definition) is 0. The van der Waals surface area contributed by atoms with Crippen LogP contribution in [0.25, 0.3) is 0 Å². The molecular weight excluding hydrogens is 220 g/mol. The average Bonchev–Trinajstić information content (AvgIpc) is 2.29. The molecule has 0 nitrogen and oxygen atoms in total. The molecule has 0 aliphatic rings. The van der Waals surface area contributed by atoms with E-state index in [1.807, 2.05) is 18.2 Å². The second kappa shape index (κ2) is 6.33. The Labute approximate surface area is 106 Å². The molecule has 0 radical (unpaired) electrons. The van der Waals surface area contributed by atoms with Gasteiger partial charge in [0.2, 0.25) is 0 Å². The van der Waals surface area contributed by atoms with E-state index in [2.05, 4.69) is 49.2 Å². The number of benzene rings is 1. The van der Waals surface area contributed by atoms with E-state index >= 15 is 0 Å². The molecule has 1 unspecified atom stereocenters. The molecule has 0 bridgehead atoms. The highest BCUT2D eigenvalue weighted by atomic mass is 28.3. The molecule has 1 heteroatoms. The summed E-state index contributed by atoms with van der Waals surface area (Å²) in [6.07, 6.45) is 7.44. The van der Waals surface area contributed by atoms with E-state index in [0.29, 0.717) is 0 Å². The van der Waals surface area contributed by atoms with Crippen molar-refractivity contribution in [3.05, 3.63) is 35.9 Å². The van der Waals surface area contributed by atoms with Gasteiger partial charge in [0, 0.05) is 12.3 Å². The van der Waals surface area contributed by atoms with Gasteiger partial charge >= 0.3 is 0 Å². The monoisotopic (exact) mass is 240 g/mol. The van der Waals surface area contributed by atoms with Crippen LogP contribution in [0.1, 0.15) is 24.3 Å². The number of hydrogen-bond acceptors (Lipinski definition) is 0. The zero-order valence-corrected chi connectivity index (χ0v) is 12.0. The van der Waals surface area contributed by atoms with E-state index in [1.54, 1.807) is 0 Å². The first-order valence-corrected chi connectivity index (χ1v) is 9.54. The molecule has 0 aromatic heterocycles. The third kappa shape index (κ3) is 5.43. The van der Waals surface area contributed by atoms with Crippen LogP contribution in [0.3, 0.4) is 0 Å². The number of rotatable bonds is 3. The predicted molar refractivity (Wildman–Crippen MR) is 78.4 cm³/mol. The zero-order valence-electron chi connectivity index (χ0n) is 11.0. The van der Waals surface area contributed by atoms with Gasteiger partial charge in [-0.2, -0.15) is 0 Å². The van der Waals surface area contributed by atoms with Crippen molar-refractivity contribution in [2.75, 3.05) is 0 Å². The lowest BCUT2D eigenvalue weighted by Gasteiger charge is -2.09.